The fourth-order valence-electron chi connectivity index (χ4n) is 1.34. The number of rotatable bonds is 2. The standard InChI is InChI=1S/C10H12N2O2/c1-4-10(3,6-11)12-8(13)5-7(2)9(12)14/h5H,4H2,1-3H3. The van der Waals surface area contributed by atoms with Crippen LogP contribution in [0.5, 0.6) is 0 Å². The number of carbonyl (C=O) groups is 2. The minimum absolute atomic E-state index is 0.360. The quantitative estimate of drug-likeness (QED) is 0.613. The van der Waals surface area contributed by atoms with Crippen molar-refractivity contribution in [3.8, 4) is 6.07 Å². The van der Waals surface area contributed by atoms with Crippen molar-refractivity contribution in [2.75, 3.05) is 0 Å². The molecule has 1 heterocycles. The van der Waals surface area contributed by atoms with Crippen molar-refractivity contribution >= 4 is 11.8 Å². The van der Waals surface area contributed by atoms with Gasteiger partial charge in [-0.2, -0.15) is 5.26 Å². The van der Waals surface area contributed by atoms with Gasteiger partial charge in [0.05, 0.1) is 6.07 Å². The first-order chi connectivity index (χ1) is 6.46. The zero-order chi connectivity index (χ0) is 10.9. The Kier molecular flexibility index (Phi) is 2.43. The van der Waals surface area contributed by atoms with Gasteiger partial charge in [-0.1, -0.05) is 6.92 Å². The number of hydrogen-bond donors (Lipinski definition) is 0. The summed E-state index contributed by atoms with van der Waals surface area (Å²) in [6.07, 6.45) is 1.70. The molecule has 0 aromatic carbocycles. The Hall–Kier alpha value is -1.63. The molecule has 14 heavy (non-hydrogen) atoms. The van der Waals surface area contributed by atoms with Crippen LogP contribution in [0.1, 0.15) is 27.2 Å². The van der Waals surface area contributed by atoms with Crippen LogP contribution in [-0.4, -0.2) is 22.3 Å². The molecule has 2 amide bonds. The lowest BCUT2D eigenvalue weighted by molar-refractivity contribution is -0.141. The van der Waals surface area contributed by atoms with Crippen molar-refractivity contribution in [3.05, 3.63) is 11.6 Å². The number of amides is 2. The molecule has 1 atom stereocenters. The minimum atomic E-state index is -1.03. The third-order valence-electron chi connectivity index (χ3n) is 2.52. The van der Waals surface area contributed by atoms with Crippen LogP contribution in [0.3, 0.4) is 0 Å². The molecule has 4 nitrogen and oxygen atoms in total. The van der Waals surface area contributed by atoms with Gasteiger partial charge in [-0.25, -0.2) is 0 Å². The Labute approximate surface area is 82.8 Å². The van der Waals surface area contributed by atoms with E-state index in [-0.39, 0.29) is 5.91 Å². The molecule has 1 aliphatic heterocycles. The predicted molar refractivity (Wildman–Crippen MR) is 49.9 cm³/mol. The van der Waals surface area contributed by atoms with Gasteiger partial charge in [0, 0.05) is 11.6 Å². The molecular formula is C10H12N2O2. The summed E-state index contributed by atoms with van der Waals surface area (Å²) in [6, 6.07) is 2.00. The largest absolute Gasteiger partial charge is 0.269 e. The summed E-state index contributed by atoms with van der Waals surface area (Å²) >= 11 is 0. The molecule has 0 fully saturated rings. The molecule has 0 radical (unpaired) electrons. The highest BCUT2D eigenvalue weighted by molar-refractivity contribution is 6.16. The lowest BCUT2D eigenvalue weighted by Gasteiger charge is -2.29. The summed E-state index contributed by atoms with van der Waals surface area (Å²) in [5, 5.41) is 8.95. The van der Waals surface area contributed by atoms with Gasteiger partial charge in [0.15, 0.2) is 0 Å². The van der Waals surface area contributed by atoms with Crippen molar-refractivity contribution in [3.63, 3.8) is 0 Å². The molecule has 74 valence electrons. The molecular weight excluding hydrogens is 180 g/mol. The molecule has 0 spiro atoms. The summed E-state index contributed by atoms with van der Waals surface area (Å²) in [7, 11) is 0. The van der Waals surface area contributed by atoms with E-state index in [1.165, 1.54) is 6.08 Å². The Bertz CT molecular complexity index is 365. The average Bonchev–Trinajstić information content (AvgIpc) is 2.41. The van der Waals surface area contributed by atoms with Crippen LogP contribution in [0.4, 0.5) is 0 Å². The third kappa shape index (κ3) is 1.31. The van der Waals surface area contributed by atoms with Gasteiger partial charge in [-0.3, -0.25) is 14.5 Å². The molecule has 0 bridgehead atoms. The summed E-state index contributed by atoms with van der Waals surface area (Å²) in [5.74, 6) is -0.751. The number of hydrogen-bond acceptors (Lipinski definition) is 3. The van der Waals surface area contributed by atoms with E-state index in [1.807, 2.05) is 6.07 Å². The highest BCUT2D eigenvalue weighted by atomic mass is 16.2. The zero-order valence-electron chi connectivity index (χ0n) is 8.50. The lowest BCUT2D eigenvalue weighted by atomic mass is 9.98. The maximum atomic E-state index is 11.6. The Morgan fingerprint density at radius 3 is 2.43 bits per heavy atom. The molecule has 4 heteroatoms. The van der Waals surface area contributed by atoms with Gasteiger partial charge < -0.3 is 0 Å². The molecule has 1 unspecified atom stereocenters. The molecule has 0 saturated carbocycles. The molecule has 1 aliphatic rings. The lowest BCUT2D eigenvalue weighted by Crippen LogP contribution is -2.48. The first kappa shape index (κ1) is 10.5. The normalized spacial score (nSPS) is 20.4. The van der Waals surface area contributed by atoms with Crippen LogP contribution in [0.25, 0.3) is 0 Å². The second-order valence-corrected chi connectivity index (χ2v) is 3.55. The van der Waals surface area contributed by atoms with Gasteiger partial charge >= 0.3 is 0 Å². The van der Waals surface area contributed by atoms with Gasteiger partial charge in [-0.05, 0) is 20.3 Å². The fourth-order valence-corrected chi connectivity index (χ4v) is 1.34. The number of nitrogens with zero attached hydrogens (tertiary/aromatic N) is 2. The highest BCUT2D eigenvalue weighted by Gasteiger charge is 2.41. The van der Waals surface area contributed by atoms with Crippen LogP contribution < -0.4 is 0 Å². The van der Waals surface area contributed by atoms with Crippen LogP contribution >= 0.6 is 0 Å². The maximum Gasteiger partial charge on any atom is 0.257 e. The Balaban J connectivity index is 3.09. The average molecular weight is 192 g/mol. The second-order valence-electron chi connectivity index (χ2n) is 3.55. The van der Waals surface area contributed by atoms with E-state index in [1.54, 1.807) is 20.8 Å². The molecule has 0 aliphatic carbocycles. The summed E-state index contributed by atoms with van der Waals surface area (Å²) < 4.78 is 0. The van der Waals surface area contributed by atoms with Crippen molar-refractivity contribution in [2.45, 2.75) is 32.7 Å². The maximum absolute atomic E-state index is 11.6. The van der Waals surface area contributed by atoms with Crippen molar-refractivity contribution in [1.82, 2.24) is 4.90 Å². The number of carbonyl (C=O) groups excluding carboxylic acids is 2. The summed E-state index contributed by atoms with van der Waals surface area (Å²) in [6.45, 7) is 4.94. The smallest absolute Gasteiger partial charge is 0.257 e. The SMILES string of the molecule is CCC(C)(C#N)N1C(=O)C=C(C)C1=O. The van der Waals surface area contributed by atoms with Gasteiger partial charge in [0.1, 0.15) is 5.54 Å². The summed E-state index contributed by atoms with van der Waals surface area (Å²) in [5.41, 5.74) is -0.632. The topological polar surface area (TPSA) is 61.2 Å². The number of imide groups is 1. The van der Waals surface area contributed by atoms with E-state index in [0.29, 0.717) is 12.0 Å². The van der Waals surface area contributed by atoms with Crippen molar-refractivity contribution < 1.29 is 9.59 Å². The third-order valence-corrected chi connectivity index (χ3v) is 2.52. The molecule has 0 N–H and O–H groups in total. The van der Waals surface area contributed by atoms with Crippen molar-refractivity contribution in [1.29, 1.82) is 5.26 Å². The van der Waals surface area contributed by atoms with Crippen LogP contribution in [0, 0.1) is 11.3 Å². The number of nitriles is 1. The van der Waals surface area contributed by atoms with Crippen molar-refractivity contribution in [2.24, 2.45) is 0 Å². The van der Waals surface area contributed by atoms with E-state index < -0.39 is 11.4 Å². The van der Waals surface area contributed by atoms with E-state index in [9.17, 15) is 9.59 Å². The Morgan fingerprint density at radius 2 is 2.14 bits per heavy atom. The fraction of sp³-hybridized carbons (Fsp3) is 0.500. The van der Waals surface area contributed by atoms with Gasteiger partial charge in [-0.15, -0.1) is 0 Å². The van der Waals surface area contributed by atoms with Gasteiger partial charge in [0.25, 0.3) is 11.8 Å². The zero-order valence-corrected chi connectivity index (χ0v) is 8.50. The first-order valence-electron chi connectivity index (χ1n) is 4.44. The molecule has 1 rings (SSSR count). The van der Waals surface area contributed by atoms with Crippen LogP contribution in [0.2, 0.25) is 0 Å². The van der Waals surface area contributed by atoms with E-state index >= 15 is 0 Å². The first-order valence-corrected chi connectivity index (χ1v) is 4.44. The molecule has 0 saturated heterocycles. The Morgan fingerprint density at radius 1 is 1.57 bits per heavy atom. The monoisotopic (exact) mass is 192 g/mol. The van der Waals surface area contributed by atoms with E-state index in [2.05, 4.69) is 0 Å². The summed E-state index contributed by atoms with van der Waals surface area (Å²) in [4.78, 5) is 24.0. The van der Waals surface area contributed by atoms with E-state index in [0.717, 1.165) is 4.90 Å². The molecule has 0 aromatic rings. The predicted octanol–water partition coefficient (Wildman–Crippen LogP) is 0.994. The van der Waals surface area contributed by atoms with Gasteiger partial charge in [0.2, 0.25) is 0 Å². The second kappa shape index (κ2) is 3.26. The van der Waals surface area contributed by atoms with Crippen LogP contribution in [-0.2, 0) is 9.59 Å². The molecule has 0 aromatic heterocycles. The highest BCUT2D eigenvalue weighted by Crippen LogP contribution is 2.25. The minimum Gasteiger partial charge on any atom is -0.269 e. The van der Waals surface area contributed by atoms with E-state index in [4.69, 9.17) is 5.26 Å². The van der Waals surface area contributed by atoms with Crippen LogP contribution in [0.15, 0.2) is 11.6 Å².